The summed E-state index contributed by atoms with van der Waals surface area (Å²) in [5.74, 6) is -0.167. The molecule has 0 aliphatic carbocycles. The third-order valence-corrected chi connectivity index (χ3v) is 2.81. The van der Waals surface area contributed by atoms with Gasteiger partial charge in [-0.1, -0.05) is 23.2 Å². The van der Waals surface area contributed by atoms with Crippen LogP contribution in [-0.2, 0) is 0 Å². The van der Waals surface area contributed by atoms with Crippen molar-refractivity contribution in [3.05, 3.63) is 33.8 Å². The molecule has 16 heavy (non-hydrogen) atoms. The van der Waals surface area contributed by atoms with E-state index in [0.717, 1.165) is 6.42 Å². The first-order valence-electron chi connectivity index (χ1n) is 4.99. The van der Waals surface area contributed by atoms with E-state index in [0.29, 0.717) is 22.2 Å². The predicted octanol–water partition coefficient (Wildman–Crippen LogP) is 2.46. The summed E-state index contributed by atoms with van der Waals surface area (Å²) >= 11 is 11.6. The molecule has 1 atom stereocenters. The fourth-order valence-corrected chi connectivity index (χ4v) is 1.45. The molecule has 3 N–H and O–H groups in total. The van der Waals surface area contributed by atoms with Gasteiger partial charge in [0.05, 0.1) is 10.0 Å². The number of rotatable bonds is 4. The SMILES string of the molecule is CC(N)CCNC(=O)c1ccc(Cl)c(Cl)c1. The van der Waals surface area contributed by atoms with Gasteiger partial charge in [0.15, 0.2) is 0 Å². The Bertz CT molecular complexity index is 380. The van der Waals surface area contributed by atoms with Crippen LogP contribution in [0.1, 0.15) is 23.7 Å². The fraction of sp³-hybridized carbons (Fsp3) is 0.364. The van der Waals surface area contributed by atoms with Crippen LogP contribution in [0.5, 0.6) is 0 Å². The first-order valence-corrected chi connectivity index (χ1v) is 5.75. The first kappa shape index (κ1) is 13.3. The maximum Gasteiger partial charge on any atom is 0.251 e. The molecule has 0 spiro atoms. The van der Waals surface area contributed by atoms with Gasteiger partial charge in [0.1, 0.15) is 0 Å². The summed E-state index contributed by atoms with van der Waals surface area (Å²) in [7, 11) is 0. The predicted molar refractivity (Wildman–Crippen MR) is 67.1 cm³/mol. The summed E-state index contributed by atoms with van der Waals surface area (Å²) in [4.78, 5) is 11.6. The van der Waals surface area contributed by atoms with Crippen LogP contribution in [0.4, 0.5) is 0 Å². The normalized spacial score (nSPS) is 12.2. The molecule has 0 heterocycles. The van der Waals surface area contributed by atoms with Crippen molar-refractivity contribution in [3.8, 4) is 0 Å². The minimum absolute atomic E-state index is 0.0779. The van der Waals surface area contributed by atoms with Crippen molar-refractivity contribution < 1.29 is 4.79 Å². The number of nitrogens with one attached hydrogen (secondary N) is 1. The molecule has 1 rings (SSSR count). The number of hydrogen-bond acceptors (Lipinski definition) is 2. The Morgan fingerprint density at radius 3 is 2.69 bits per heavy atom. The van der Waals surface area contributed by atoms with Gasteiger partial charge in [0, 0.05) is 18.2 Å². The van der Waals surface area contributed by atoms with Crippen molar-refractivity contribution in [1.82, 2.24) is 5.32 Å². The van der Waals surface area contributed by atoms with E-state index in [1.54, 1.807) is 18.2 Å². The van der Waals surface area contributed by atoms with Gasteiger partial charge in [0.25, 0.3) is 5.91 Å². The maximum absolute atomic E-state index is 11.6. The van der Waals surface area contributed by atoms with Gasteiger partial charge in [0.2, 0.25) is 0 Å². The summed E-state index contributed by atoms with van der Waals surface area (Å²) in [5, 5.41) is 3.57. The number of hydrogen-bond donors (Lipinski definition) is 2. The summed E-state index contributed by atoms with van der Waals surface area (Å²) in [6, 6.07) is 4.86. The van der Waals surface area contributed by atoms with E-state index >= 15 is 0 Å². The van der Waals surface area contributed by atoms with E-state index in [1.807, 2.05) is 6.92 Å². The molecule has 0 bridgehead atoms. The van der Waals surface area contributed by atoms with E-state index in [1.165, 1.54) is 0 Å². The molecule has 0 saturated carbocycles. The Hall–Kier alpha value is -0.770. The molecule has 1 unspecified atom stereocenters. The van der Waals surface area contributed by atoms with E-state index in [-0.39, 0.29) is 11.9 Å². The number of nitrogens with two attached hydrogens (primary N) is 1. The lowest BCUT2D eigenvalue weighted by Crippen LogP contribution is -2.28. The minimum atomic E-state index is -0.167. The highest BCUT2D eigenvalue weighted by Gasteiger charge is 2.07. The van der Waals surface area contributed by atoms with Gasteiger partial charge >= 0.3 is 0 Å². The summed E-state index contributed by atoms with van der Waals surface area (Å²) in [5.41, 5.74) is 6.07. The second-order valence-electron chi connectivity index (χ2n) is 3.65. The number of carbonyl (C=O) groups is 1. The van der Waals surface area contributed by atoms with Crippen LogP contribution in [0.2, 0.25) is 10.0 Å². The molecular weight excluding hydrogens is 247 g/mol. The van der Waals surface area contributed by atoms with Crippen LogP contribution in [0.15, 0.2) is 18.2 Å². The van der Waals surface area contributed by atoms with Crippen molar-refractivity contribution in [2.45, 2.75) is 19.4 Å². The smallest absolute Gasteiger partial charge is 0.251 e. The van der Waals surface area contributed by atoms with Crippen LogP contribution in [0.3, 0.4) is 0 Å². The molecule has 3 nitrogen and oxygen atoms in total. The number of amides is 1. The molecular formula is C11H14Cl2N2O. The van der Waals surface area contributed by atoms with Gasteiger partial charge < -0.3 is 11.1 Å². The molecule has 0 aromatic heterocycles. The van der Waals surface area contributed by atoms with Gasteiger partial charge in [-0.3, -0.25) is 4.79 Å². The molecule has 5 heteroatoms. The highest BCUT2D eigenvalue weighted by molar-refractivity contribution is 6.42. The fourth-order valence-electron chi connectivity index (χ4n) is 1.15. The topological polar surface area (TPSA) is 55.1 Å². The largest absolute Gasteiger partial charge is 0.352 e. The van der Waals surface area contributed by atoms with Gasteiger partial charge in [-0.25, -0.2) is 0 Å². The Kier molecular flexibility index (Phi) is 5.06. The van der Waals surface area contributed by atoms with Crippen LogP contribution < -0.4 is 11.1 Å². The lowest BCUT2D eigenvalue weighted by atomic mass is 10.2. The molecule has 88 valence electrons. The third-order valence-electron chi connectivity index (χ3n) is 2.07. The third kappa shape index (κ3) is 4.00. The highest BCUT2D eigenvalue weighted by atomic mass is 35.5. The molecule has 0 aliphatic rings. The molecule has 1 amide bonds. The van der Waals surface area contributed by atoms with Gasteiger partial charge in [-0.2, -0.15) is 0 Å². The van der Waals surface area contributed by atoms with Crippen LogP contribution in [-0.4, -0.2) is 18.5 Å². The zero-order valence-corrected chi connectivity index (χ0v) is 10.5. The Morgan fingerprint density at radius 2 is 2.12 bits per heavy atom. The molecule has 0 fully saturated rings. The Balaban J connectivity index is 2.56. The Morgan fingerprint density at radius 1 is 1.44 bits per heavy atom. The quantitative estimate of drug-likeness (QED) is 0.874. The first-order chi connectivity index (χ1) is 7.50. The lowest BCUT2D eigenvalue weighted by molar-refractivity contribution is 0.0953. The molecule has 1 aromatic carbocycles. The van der Waals surface area contributed by atoms with E-state index in [4.69, 9.17) is 28.9 Å². The van der Waals surface area contributed by atoms with Crippen molar-refractivity contribution in [1.29, 1.82) is 0 Å². The van der Waals surface area contributed by atoms with E-state index < -0.39 is 0 Å². The van der Waals surface area contributed by atoms with Crippen LogP contribution in [0.25, 0.3) is 0 Å². The van der Waals surface area contributed by atoms with Crippen LogP contribution >= 0.6 is 23.2 Å². The summed E-state index contributed by atoms with van der Waals surface area (Å²) in [6.45, 7) is 2.45. The lowest BCUT2D eigenvalue weighted by Gasteiger charge is -2.07. The zero-order valence-electron chi connectivity index (χ0n) is 8.97. The number of carbonyl (C=O) groups excluding carboxylic acids is 1. The van der Waals surface area contributed by atoms with Crippen molar-refractivity contribution >= 4 is 29.1 Å². The minimum Gasteiger partial charge on any atom is -0.352 e. The maximum atomic E-state index is 11.6. The number of halogens is 2. The van der Waals surface area contributed by atoms with Crippen molar-refractivity contribution in [2.75, 3.05) is 6.54 Å². The standard InChI is InChI=1S/C11H14Cl2N2O/c1-7(14)4-5-15-11(16)8-2-3-9(12)10(13)6-8/h2-3,6-7H,4-5,14H2,1H3,(H,15,16). The van der Waals surface area contributed by atoms with Crippen molar-refractivity contribution in [2.24, 2.45) is 5.73 Å². The second-order valence-corrected chi connectivity index (χ2v) is 4.47. The van der Waals surface area contributed by atoms with E-state index in [9.17, 15) is 4.79 Å². The molecule has 1 aromatic rings. The monoisotopic (exact) mass is 260 g/mol. The number of benzene rings is 1. The van der Waals surface area contributed by atoms with Gasteiger partial charge in [-0.15, -0.1) is 0 Å². The summed E-state index contributed by atoms with van der Waals surface area (Å²) in [6.07, 6.45) is 0.743. The second kappa shape index (κ2) is 6.09. The Labute approximate surface area is 105 Å². The molecule has 0 aliphatic heterocycles. The summed E-state index contributed by atoms with van der Waals surface area (Å²) < 4.78 is 0. The molecule has 0 saturated heterocycles. The average Bonchev–Trinajstić information content (AvgIpc) is 2.21. The zero-order chi connectivity index (χ0) is 12.1. The van der Waals surface area contributed by atoms with Gasteiger partial charge in [-0.05, 0) is 31.5 Å². The highest BCUT2D eigenvalue weighted by Crippen LogP contribution is 2.22. The molecule has 0 radical (unpaired) electrons. The average molecular weight is 261 g/mol. The van der Waals surface area contributed by atoms with Crippen molar-refractivity contribution in [3.63, 3.8) is 0 Å². The van der Waals surface area contributed by atoms with Crippen LogP contribution in [0, 0.1) is 0 Å². The van der Waals surface area contributed by atoms with E-state index in [2.05, 4.69) is 5.32 Å².